The molecule has 6 aromatic rings. The first-order chi connectivity index (χ1) is 22.4. The van der Waals surface area contributed by atoms with Crippen molar-refractivity contribution in [3.05, 3.63) is 150 Å². The van der Waals surface area contributed by atoms with Crippen LogP contribution in [-0.2, 0) is 10.3 Å². The van der Waals surface area contributed by atoms with Gasteiger partial charge in [-0.05, 0) is 97.5 Å². The van der Waals surface area contributed by atoms with E-state index < -0.39 is 5.54 Å². The molecule has 2 heterocycles. The zero-order valence-electron chi connectivity index (χ0n) is 26.4. The summed E-state index contributed by atoms with van der Waals surface area (Å²) in [4.78, 5) is 16.1. The second-order valence-electron chi connectivity index (χ2n) is 12.4. The van der Waals surface area contributed by atoms with E-state index in [1.165, 1.54) is 0 Å². The predicted molar refractivity (Wildman–Crippen MR) is 188 cm³/mol. The molecule has 0 atom stereocenters. The van der Waals surface area contributed by atoms with E-state index in [1.54, 1.807) is 0 Å². The highest BCUT2D eigenvalue weighted by Gasteiger charge is 2.41. The first-order valence-corrected chi connectivity index (χ1v) is 16.0. The molecule has 6 heteroatoms. The van der Waals surface area contributed by atoms with Crippen LogP contribution in [0, 0.1) is 12.8 Å². The van der Waals surface area contributed by atoms with E-state index in [2.05, 4.69) is 126 Å². The van der Waals surface area contributed by atoms with Gasteiger partial charge in [-0.2, -0.15) is 5.10 Å². The molecule has 5 aromatic carbocycles. The van der Waals surface area contributed by atoms with Crippen molar-refractivity contribution in [3.8, 4) is 11.1 Å². The number of carbonyl (C=O) groups excluding carboxylic acids is 1. The standard InChI is InChI=1S/C40H39N5O/c1-28-26-34(41)19-20-35(28)30-18-21-37-36(27-30)38(42-39(46)29-22-24-44(2)25-23-29)43-45(37)40(31-12-6-3-7-13-31,32-14-8-4-9-15-32)33-16-10-5-11-17-33/h3-21,26-27,29H,22-25,41H2,1-2H3,(H,42,43,46). The summed E-state index contributed by atoms with van der Waals surface area (Å²) in [6, 6.07) is 44.0. The Balaban J connectivity index is 1.50. The highest BCUT2D eigenvalue weighted by molar-refractivity contribution is 6.02. The van der Waals surface area contributed by atoms with E-state index in [9.17, 15) is 4.79 Å². The number of carbonyl (C=O) groups is 1. The largest absolute Gasteiger partial charge is 0.399 e. The van der Waals surface area contributed by atoms with E-state index in [1.807, 2.05) is 30.3 Å². The van der Waals surface area contributed by atoms with Crippen LogP contribution >= 0.6 is 0 Å². The molecule has 1 aliphatic rings. The average molecular weight is 606 g/mol. The van der Waals surface area contributed by atoms with Crippen molar-refractivity contribution in [3.63, 3.8) is 0 Å². The summed E-state index contributed by atoms with van der Waals surface area (Å²) in [7, 11) is 2.11. The van der Waals surface area contributed by atoms with E-state index in [0.717, 1.165) is 75.9 Å². The fourth-order valence-corrected chi connectivity index (χ4v) is 7.04. The second kappa shape index (κ2) is 12.3. The monoisotopic (exact) mass is 605 g/mol. The zero-order valence-corrected chi connectivity index (χ0v) is 26.4. The summed E-state index contributed by atoms with van der Waals surface area (Å²) in [5.74, 6) is 0.542. The van der Waals surface area contributed by atoms with Crippen LogP contribution in [0.25, 0.3) is 22.0 Å². The highest BCUT2D eigenvalue weighted by Crippen LogP contribution is 2.44. The summed E-state index contributed by atoms with van der Waals surface area (Å²) >= 11 is 0. The molecule has 1 aromatic heterocycles. The molecule has 0 bridgehead atoms. The number of nitrogens with two attached hydrogens (primary N) is 1. The maximum atomic E-state index is 13.8. The van der Waals surface area contributed by atoms with Gasteiger partial charge in [0.2, 0.25) is 5.91 Å². The molecular formula is C40H39N5O. The molecule has 0 radical (unpaired) electrons. The van der Waals surface area contributed by atoms with Crippen LogP contribution in [0.15, 0.2) is 127 Å². The molecule has 6 nitrogen and oxygen atoms in total. The van der Waals surface area contributed by atoms with Gasteiger partial charge < -0.3 is 16.0 Å². The molecule has 1 fully saturated rings. The van der Waals surface area contributed by atoms with Gasteiger partial charge in [-0.25, -0.2) is 4.68 Å². The topological polar surface area (TPSA) is 76.2 Å². The minimum absolute atomic E-state index is 0.0263. The molecule has 0 aliphatic carbocycles. The third kappa shape index (κ3) is 5.25. The number of amides is 1. The fourth-order valence-electron chi connectivity index (χ4n) is 7.04. The Hall–Kier alpha value is -5.20. The maximum absolute atomic E-state index is 13.8. The number of nitrogen functional groups attached to an aromatic ring is 1. The van der Waals surface area contributed by atoms with Crippen LogP contribution in [-0.4, -0.2) is 40.7 Å². The molecule has 0 spiro atoms. The number of likely N-dealkylation sites (tertiary alicyclic amines) is 1. The van der Waals surface area contributed by atoms with Gasteiger partial charge in [-0.15, -0.1) is 0 Å². The van der Waals surface area contributed by atoms with Gasteiger partial charge in [0.15, 0.2) is 5.82 Å². The third-order valence-electron chi connectivity index (χ3n) is 9.46. The number of hydrogen-bond donors (Lipinski definition) is 2. The SMILES string of the molecule is Cc1cc(N)ccc1-c1ccc2c(c1)c(NC(=O)C1CCN(C)CC1)nn2C(c1ccccc1)(c1ccccc1)c1ccccc1. The molecule has 7 rings (SSSR count). The van der Waals surface area contributed by atoms with Gasteiger partial charge in [-0.3, -0.25) is 4.79 Å². The van der Waals surface area contributed by atoms with E-state index in [-0.39, 0.29) is 11.8 Å². The normalized spacial score (nSPS) is 14.4. The molecule has 3 N–H and O–H groups in total. The lowest BCUT2D eigenvalue weighted by molar-refractivity contribution is -0.121. The van der Waals surface area contributed by atoms with E-state index >= 15 is 0 Å². The highest BCUT2D eigenvalue weighted by atomic mass is 16.2. The summed E-state index contributed by atoms with van der Waals surface area (Å²) in [6.07, 6.45) is 1.66. The van der Waals surface area contributed by atoms with Crippen molar-refractivity contribution in [2.24, 2.45) is 5.92 Å². The number of rotatable bonds is 7. The molecule has 0 saturated carbocycles. The number of fused-ring (bicyclic) bond motifs is 1. The second-order valence-corrected chi connectivity index (χ2v) is 12.4. The molecular weight excluding hydrogens is 566 g/mol. The molecule has 1 aliphatic heterocycles. The smallest absolute Gasteiger partial charge is 0.228 e. The van der Waals surface area contributed by atoms with Gasteiger partial charge in [0.25, 0.3) is 0 Å². The van der Waals surface area contributed by atoms with Gasteiger partial charge in [0.05, 0.1) is 5.52 Å². The van der Waals surface area contributed by atoms with Crippen molar-refractivity contribution in [2.75, 3.05) is 31.2 Å². The number of anilines is 2. The van der Waals surface area contributed by atoms with Crippen LogP contribution in [0.2, 0.25) is 0 Å². The predicted octanol–water partition coefficient (Wildman–Crippen LogP) is 7.71. The van der Waals surface area contributed by atoms with Gasteiger partial charge >= 0.3 is 0 Å². The minimum Gasteiger partial charge on any atom is -0.399 e. The van der Waals surface area contributed by atoms with Crippen LogP contribution in [0.5, 0.6) is 0 Å². The van der Waals surface area contributed by atoms with E-state index in [4.69, 9.17) is 10.8 Å². The van der Waals surface area contributed by atoms with Crippen molar-refractivity contribution in [1.29, 1.82) is 0 Å². The number of aromatic nitrogens is 2. The zero-order chi connectivity index (χ0) is 31.7. The van der Waals surface area contributed by atoms with Crippen LogP contribution in [0.4, 0.5) is 11.5 Å². The molecule has 46 heavy (non-hydrogen) atoms. The molecule has 1 saturated heterocycles. The molecule has 0 unspecified atom stereocenters. The Morgan fingerprint density at radius 2 is 1.35 bits per heavy atom. The first kappa shape index (κ1) is 29.5. The Morgan fingerprint density at radius 1 is 0.783 bits per heavy atom. The molecule has 1 amide bonds. The molecule has 230 valence electrons. The lowest BCUT2D eigenvalue weighted by Crippen LogP contribution is -2.39. The average Bonchev–Trinajstić information content (AvgIpc) is 3.44. The van der Waals surface area contributed by atoms with Gasteiger partial charge in [0.1, 0.15) is 5.54 Å². The van der Waals surface area contributed by atoms with Crippen LogP contribution < -0.4 is 11.1 Å². The lowest BCUT2D eigenvalue weighted by atomic mass is 9.77. The summed E-state index contributed by atoms with van der Waals surface area (Å²) in [5, 5.41) is 9.57. The van der Waals surface area contributed by atoms with E-state index in [0.29, 0.717) is 5.82 Å². The number of hydrogen-bond acceptors (Lipinski definition) is 4. The number of piperidine rings is 1. The van der Waals surface area contributed by atoms with Crippen molar-refractivity contribution >= 4 is 28.3 Å². The third-order valence-corrected chi connectivity index (χ3v) is 9.46. The van der Waals surface area contributed by atoms with Crippen molar-refractivity contribution in [1.82, 2.24) is 14.7 Å². The number of nitrogens with one attached hydrogen (secondary N) is 1. The van der Waals surface area contributed by atoms with Gasteiger partial charge in [0, 0.05) is 17.0 Å². The fraction of sp³-hybridized carbons (Fsp3) is 0.200. The van der Waals surface area contributed by atoms with Crippen molar-refractivity contribution in [2.45, 2.75) is 25.3 Å². The number of benzene rings is 5. The Kier molecular flexibility index (Phi) is 7.89. The van der Waals surface area contributed by atoms with Gasteiger partial charge in [-0.1, -0.05) is 103 Å². The van der Waals surface area contributed by atoms with Crippen LogP contribution in [0.3, 0.4) is 0 Å². The number of nitrogens with zero attached hydrogens (tertiary/aromatic N) is 3. The number of aryl methyl sites for hydroxylation is 1. The maximum Gasteiger partial charge on any atom is 0.228 e. The van der Waals surface area contributed by atoms with Crippen LogP contribution in [0.1, 0.15) is 35.1 Å². The summed E-state index contributed by atoms with van der Waals surface area (Å²) in [6.45, 7) is 3.90. The Morgan fingerprint density at radius 3 is 1.89 bits per heavy atom. The first-order valence-electron chi connectivity index (χ1n) is 16.0. The summed E-state index contributed by atoms with van der Waals surface area (Å²) in [5.41, 5.74) is 13.4. The Labute approximate surface area is 270 Å². The minimum atomic E-state index is -0.822. The quantitative estimate of drug-likeness (QED) is 0.144. The summed E-state index contributed by atoms with van der Waals surface area (Å²) < 4.78 is 2.12. The van der Waals surface area contributed by atoms with Crippen molar-refractivity contribution < 1.29 is 4.79 Å². The Bertz CT molecular complexity index is 1880. The lowest BCUT2D eigenvalue weighted by Gasteiger charge is -2.37.